The Balaban J connectivity index is 1.85. The van der Waals surface area contributed by atoms with Crippen molar-refractivity contribution in [2.24, 2.45) is 0 Å². The van der Waals surface area contributed by atoms with Crippen molar-refractivity contribution >= 4 is 23.1 Å². The average molecular weight is 472 g/mol. The van der Waals surface area contributed by atoms with E-state index in [1.54, 1.807) is 42.5 Å². The number of anilines is 1. The maximum atomic E-state index is 13.3. The molecule has 0 aromatic heterocycles. The van der Waals surface area contributed by atoms with Gasteiger partial charge >= 0.3 is 0 Å². The normalized spacial score (nSPS) is 17.2. The van der Waals surface area contributed by atoms with Crippen LogP contribution in [0.25, 0.3) is 5.76 Å². The molecule has 0 bridgehead atoms. The van der Waals surface area contributed by atoms with Crippen molar-refractivity contribution < 1.29 is 24.2 Å². The number of ether oxygens (including phenoxy) is 2. The van der Waals surface area contributed by atoms with E-state index in [4.69, 9.17) is 9.47 Å². The zero-order valence-corrected chi connectivity index (χ0v) is 20.3. The highest BCUT2D eigenvalue weighted by Gasteiger charge is 2.47. The quantitative estimate of drug-likeness (QED) is 0.267. The summed E-state index contributed by atoms with van der Waals surface area (Å²) in [6.45, 7) is 8.21. The lowest BCUT2D eigenvalue weighted by molar-refractivity contribution is -0.132. The number of aryl methyl sites for hydroxylation is 1. The first kappa shape index (κ1) is 24.1. The molecule has 1 fully saturated rings. The molecule has 3 aromatic carbocycles. The molecule has 1 unspecified atom stereocenters. The molecular formula is C29H29NO5. The van der Waals surface area contributed by atoms with Gasteiger partial charge in [-0.25, -0.2) is 0 Å². The summed E-state index contributed by atoms with van der Waals surface area (Å²) in [7, 11) is 0. The number of Topliss-reactive ketones (excluding diaryl/α,β-unsaturated/α-hetero) is 1. The number of rotatable bonds is 7. The second-order valence-electron chi connectivity index (χ2n) is 8.70. The van der Waals surface area contributed by atoms with Gasteiger partial charge < -0.3 is 14.6 Å². The SMILES string of the molecule is CCOc1ccc(C2/C(=C(\O)c3ccc(OC(C)C)cc3)C(=O)C(=O)N2c2cccc(C)c2)cc1. The third kappa shape index (κ3) is 4.92. The average Bonchev–Trinajstić information content (AvgIpc) is 3.10. The Labute approximate surface area is 205 Å². The Morgan fingerprint density at radius 1 is 0.971 bits per heavy atom. The van der Waals surface area contributed by atoms with Crippen LogP contribution in [0.5, 0.6) is 11.5 Å². The number of aliphatic hydroxyl groups is 1. The van der Waals surface area contributed by atoms with Crippen LogP contribution < -0.4 is 14.4 Å². The second kappa shape index (κ2) is 10.1. The fraction of sp³-hybridized carbons (Fsp3) is 0.241. The number of benzene rings is 3. The van der Waals surface area contributed by atoms with E-state index in [1.165, 1.54) is 4.90 Å². The van der Waals surface area contributed by atoms with E-state index < -0.39 is 17.7 Å². The molecule has 1 N–H and O–H groups in total. The molecule has 0 spiro atoms. The zero-order valence-electron chi connectivity index (χ0n) is 20.3. The van der Waals surface area contributed by atoms with Crippen LogP contribution in [-0.4, -0.2) is 29.5 Å². The van der Waals surface area contributed by atoms with Crippen molar-refractivity contribution in [3.05, 3.63) is 95.1 Å². The first-order valence-corrected chi connectivity index (χ1v) is 11.7. The third-order valence-electron chi connectivity index (χ3n) is 5.73. The number of hydrogen-bond donors (Lipinski definition) is 1. The monoisotopic (exact) mass is 471 g/mol. The molecule has 1 aliphatic heterocycles. The van der Waals surface area contributed by atoms with Gasteiger partial charge in [0, 0.05) is 11.3 Å². The smallest absolute Gasteiger partial charge is 0.300 e. The van der Waals surface area contributed by atoms with Gasteiger partial charge in [-0.15, -0.1) is 0 Å². The van der Waals surface area contributed by atoms with Crippen LogP contribution in [0.3, 0.4) is 0 Å². The van der Waals surface area contributed by atoms with E-state index in [0.717, 1.165) is 5.56 Å². The van der Waals surface area contributed by atoms with Gasteiger partial charge in [0.2, 0.25) is 0 Å². The van der Waals surface area contributed by atoms with Crippen molar-refractivity contribution in [3.8, 4) is 11.5 Å². The molecule has 1 amide bonds. The molecule has 6 heteroatoms. The molecule has 0 aliphatic carbocycles. The molecule has 0 saturated carbocycles. The van der Waals surface area contributed by atoms with Crippen LogP contribution in [0.15, 0.2) is 78.4 Å². The number of aliphatic hydroxyl groups excluding tert-OH is 1. The van der Waals surface area contributed by atoms with E-state index in [-0.39, 0.29) is 17.4 Å². The Morgan fingerprint density at radius 3 is 2.23 bits per heavy atom. The summed E-state index contributed by atoms with van der Waals surface area (Å²) in [4.78, 5) is 28.0. The largest absolute Gasteiger partial charge is 0.507 e. The van der Waals surface area contributed by atoms with E-state index in [9.17, 15) is 14.7 Å². The topological polar surface area (TPSA) is 76.1 Å². The van der Waals surface area contributed by atoms with Crippen LogP contribution in [-0.2, 0) is 9.59 Å². The molecular weight excluding hydrogens is 442 g/mol. The number of carbonyl (C=O) groups excluding carboxylic acids is 2. The summed E-state index contributed by atoms with van der Waals surface area (Å²) in [6, 6.07) is 20.7. The first-order chi connectivity index (χ1) is 16.8. The third-order valence-corrected chi connectivity index (χ3v) is 5.73. The minimum atomic E-state index is -0.793. The van der Waals surface area contributed by atoms with Crippen LogP contribution >= 0.6 is 0 Å². The molecule has 1 heterocycles. The summed E-state index contributed by atoms with van der Waals surface area (Å²) in [5.41, 5.74) is 2.70. The summed E-state index contributed by atoms with van der Waals surface area (Å²) >= 11 is 0. The van der Waals surface area contributed by atoms with Crippen LogP contribution in [0.2, 0.25) is 0 Å². The number of hydrogen-bond acceptors (Lipinski definition) is 5. The van der Waals surface area contributed by atoms with Gasteiger partial charge in [-0.3, -0.25) is 14.5 Å². The molecule has 1 aliphatic rings. The molecule has 1 atom stereocenters. The predicted molar refractivity (Wildman–Crippen MR) is 136 cm³/mol. The number of ketones is 1. The van der Waals surface area contributed by atoms with Gasteiger partial charge in [-0.05, 0) is 87.4 Å². The van der Waals surface area contributed by atoms with E-state index >= 15 is 0 Å². The number of amides is 1. The van der Waals surface area contributed by atoms with Crippen LogP contribution in [0, 0.1) is 6.92 Å². The fourth-order valence-corrected chi connectivity index (χ4v) is 4.22. The van der Waals surface area contributed by atoms with Gasteiger partial charge in [0.25, 0.3) is 11.7 Å². The highest BCUT2D eigenvalue weighted by molar-refractivity contribution is 6.51. The van der Waals surface area contributed by atoms with Gasteiger partial charge in [-0.1, -0.05) is 24.3 Å². The maximum Gasteiger partial charge on any atom is 0.300 e. The predicted octanol–water partition coefficient (Wildman–Crippen LogP) is 5.81. The van der Waals surface area contributed by atoms with Gasteiger partial charge in [0.15, 0.2) is 0 Å². The minimum Gasteiger partial charge on any atom is -0.507 e. The lowest BCUT2D eigenvalue weighted by Gasteiger charge is -2.26. The molecule has 180 valence electrons. The molecule has 6 nitrogen and oxygen atoms in total. The van der Waals surface area contributed by atoms with Crippen molar-refractivity contribution in [2.45, 2.75) is 39.8 Å². The molecule has 3 aromatic rings. The standard InChI is InChI=1S/C29H29NO5/c1-5-34-23-13-9-20(10-14-23)26-25(27(31)21-11-15-24(16-12-21)35-18(2)3)28(32)29(33)30(26)22-8-6-7-19(4)17-22/h6-18,26,31H,5H2,1-4H3/b27-25+. The van der Waals surface area contributed by atoms with Crippen LogP contribution in [0.4, 0.5) is 5.69 Å². The first-order valence-electron chi connectivity index (χ1n) is 11.7. The van der Waals surface area contributed by atoms with Crippen molar-refractivity contribution in [1.29, 1.82) is 0 Å². The maximum absolute atomic E-state index is 13.3. The van der Waals surface area contributed by atoms with Crippen molar-refractivity contribution in [1.82, 2.24) is 0 Å². The zero-order chi connectivity index (χ0) is 25.1. The van der Waals surface area contributed by atoms with E-state index in [1.807, 2.05) is 58.0 Å². The Bertz CT molecular complexity index is 1260. The molecule has 1 saturated heterocycles. The van der Waals surface area contributed by atoms with E-state index in [2.05, 4.69) is 0 Å². The van der Waals surface area contributed by atoms with Gasteiger partial charge in [0.1, 0.15) is 17.3 Å². The highest BCUT2D eigenvalue weighted by atomic mass is 16.5. The summed E-state index contributed by atoms with van der Waals surface area (Å²) in [5.74, 6) is -0.306. The van der Waals surface area contributed by atoms with Crippen molar-refractivity contribution in [2.75, 3.05) is 11.5 Å². The number of carbonyl (C=O) groups is 2. The van der Waals surface area contributed by atoms with Gasteiger partial charge in [0.05, 0.1) is 24.3 Å². The highest BCUT2D eigenvalue weighted by Crippen LogP contribution is 2.42. The second-order valence-corrected chi connectivity index (χ2v) is 8.70. The molecule has 35 heavy (non-hydrogen) atoms. The minimum absolute atomic E-state index is 0.00811. The molecule has 0 radical (unpaired) electrons. The Morgan fingerprint density at radius 2 is 1.63 bits per heavy atom. The number of nitrogens with zero attached hydrogens (tertiary/aromatic N) is 1. The van der Waals surface area contributed by atoms with Crippen LogP contribution in [0.1, 0.15) is 43.5 Å². The lowest BCUT2D eigenvalue weighted by atomic mass is 9.95. The Kier molecular flexibility index (Phi) is 6.92. The van der Waals surface area contributed by atoms with E-state index in [0.29, 0.717) is 34.9 Å². The summed E-state index contributed by atoms with van der Waals surface area (Å²) < 4.78 is 11.2. The fourth-order valence-electron chi connectivity index (χ4n) is 4.22. The summed E-state index contributed by atoms with van der Waals surface area (Å²) in [6.07, 6.45) is 0.00811. The van der Waals surface area contributed by atoms with Crippen molar-refractivity contribution in [3.63, 3.8) is 0 Å². The summed E-state index contributed by atoms with van der Waals surface area (Å²) in [5, 5.41) is 11.3. The molecule has 4 rings (SSSR count). The van der Waals surface area contributed by atoms with Gasteiger partial charge in [-0.2, -0.15) is 0 Å². The Hall–Kier alpha value is -4.06. The lowest BCUT2D eigenvalue weighted by Crippen LogP contribution is -2.29.